The molecular weight excluding hydrogens is 234 g/mol. The Kier molecular flexibility index (Phi) is 6.11. The number of rotatable bonds is 4. The lowest BCUT2D eigenvalue weighted by atomic mass is 9.93. The van der Waals surface area contributed by atoms with Gasteiger partial charge < -0.3 is 15.1 Å². The molecule has 2 fully saturated rings. The van der Waals surface area contributed by atoms with E-state index in [-0.39, 0.29) is 0 Å². The van der Waals surface area contributed by atoms with Crippen molar-refractivity contribution in [1.82, 2.24) is 15.1 Å². The second-order valence-corrected chi connectivity index (χ2v) is 6.99. The summed E-state index contributed by atoms with van der Waals surface area (Å²) in [5.74, 6) is 1.73. The highest BCUT2D eigenvalue weighted by atomic mass is 15.2. The van der Waals surface area contributed by atoms with Gasteiger partial charge in [0.15, 0.2) is 0 Å². The smallest absolute Gasteiger partial charge is 0.0217 e. The molecule has 0 aliphatic carbocycles. The van der Waals surface area contributed by atoms with E-state index in [0.717, 1.165) is 11.8 Å². The zero-order valence-corrected chi connectivity index (χ0v) is 13.2. The van der Waals surface area contributed by atoms with Gasteiger partial charge in [-0.1, -0.05) is 13.8 Å². The van der Waals surface area contributed by atoms with Crippen molar-refractivity contribution in [1.29, 1.82) is 0 Å². The molecule has 0 aromatic heterocycles. The minimum atomic E-state index is 0.694. The molecule has 0 radical (unpaired) electrons. The van der Waals surface area contributed by atoms with Crippen LogP contribution in [0.2, 0.25) is 0 Å². The summed E-state index contributed by atoms with van der Waals surface area (Å²) < 4.78 is 0. The van der Waals surface area contributed by atoms with Gasteiger partial charge in [0.05, 0.1) is 0 Å². The lowest BCUT2D eigenvalue weighted by Gasteiger charge is -2.31. The summed E-state index contributed by atoms with van der Waals surface area (Å²) in [6.07, 6.45) is 5.56. The molecule has 3 nitrogen and oxygen atoms in total. The van der Waals surface area contributed by atoms with Crippen molar-refractivity contribution in [3.8, 4) is 0 Å². The molecule has 0 saturated carbocycles. The van der Waals surface area contributed by atoms with E-state index in [2.05, 4.69) is 36.0 Å². The summed E-state index contributed by atoms with van der Waals surface area (Å²) >= 11 is 0. The molecule has 3 heteroatoms. The average Bonchev–Trinajstić information content (AvgIpc) is 2.64. The Labute approximate surface area is 119 Å². The summed E-state index contributed by atoms with van der Waals surface area (Å²) in [5, 5.41) is 3.71. The van der Waals surface area contributed by atoms with Crippen LogP contribution in [0.1, 0.15) is 39.5 Å². The minimum Gasteiger partial charge on any atom is -0.312 e. The van der Waals surface area contributed by atoms with E-state index in [1.165, 1.54) is 65.0 Å². The SMILES string of the molecule is CC(C)C1CN(CCC2CCN(C)CC2)CCCN1. The molecule has 1 unspecified atom stereocenters. The van der Waals surface area contributed by atoms with E-state index in [4.69, 9.17) is 0 Å². The van der Waals surface area contributed by atoms with Crippen LogP contribution in [0.4, 0.5) is 0 Å². The van der Waals surface area contributed by atoms with E-state index in [0.29, 0.717) is 6.04 Å². The summed E-state index contributed by atoms with van der Waals surface area (Å²) in [6, 6.07) is 0.694. The summed E-state index contributed by atoms with van der Waals surface area (Å²) in [7, 11) is 2.25. The number of piperidine rings is 1. The summed E-state index contributed by atoms with van der Waals surface area (Å²) in [4.78, 5) is 5.18. The van der Waals surface area contributed by atoms with E-state index in [9.17, 15) is 0 Å². The van der Waals surface area contributed by atoms with Gasteiger partial charge in [-0.05, 0) is 77.3 Å². The predicted molar refractivity (Wildman–Crippen MR) is 82.5 cm³/mol. The Morgan fingerprint density at radius 1 is 1.16 bits per heavy atom. The van der Waals surface area contributed by atoms with Crippen LogP contribution in [-0.4, -0.2) is 62.2 Å². The lowest BCUT2D eigenvalue weighted by Crippen LogP contribution is -2.42. The second-order valence-electron chi connectivity index (χ2n) is 6.99. The van der Waals surface area contributed by atoms with Gasteiger partial charge in [0.1, 0.15) is 0 Å². The van der Waals surface area contributed by atoms with Crippen molar-refractivity contribution in [2.45, 2.75) is 45.6 Å². The first kappa shape index (κ1) is 15.3. The van der Waals surface area contributed by atoms with Crippen LogP contribution in [0.3, 0.4) is 0 Å². The van der Waals surface area contributed by atoms with Crippen LogP contribution in [0.25, 0.3) is 0 Å². The van der Waals surface area contributed by atoms with E-state index in [1.54, 1.807) is 0 Å². The fourth-order valence-corrected chi connectivity index (χ4v) is 3.39. The van der Waals surface area contributed by atoms with Gasteiger partial charge in [0, 0.05) is 12.6 Å². The average molecular weight is 267 g/mol. The third-order valence-electron chi connectivity index (χ3n) is 5.01. The van der Waals surface area contributed by atoms with Crippen LogP contribution in [0.5, 0.6) is 0 Å². The van der Waals surface area contributed by atoms with Gasteiger partial charge >= 0.3 is 0 Å². The molecule has 0 bridgehead atoms. The maximum Gasteiger partial charge on any atom is 0.0217 e. The van der Waals surface area contributed by atoms with Crippen LogP contribution >= 0.6 is 0 Å². The molecule has 0 aromatic rings. The van der Waals surface area contributed by atoms with Crippen LogP contribution < -0.4 is 5.32 Å². The Morgan fingerprint density at radius 2 is 1.89 bits per heavy atom. The molecule has 2 rings (SSSR count). The number of nitrogens with one attached hydrogen (secondary N) is 1. The first-order chi connectivity index (χ1) is 9.15. The van der Waals surface area contributed by atoms with Gasteiger partial charge in [-0.25, -0.2) is 0 Å². The molecule has 112 valence electrons. The maximum atomic E-state index is 3.71. The van der Waals surface area contributed by atoms with Gasteiger partial charge in [-0.2, -0.15) is 0 Å². The van der Waals surface area contributed by atoms with Crippen molar-refractivity contribution < 1.29 is 0 Å². The zero-order valence-electron chi connectivity index (χ0n) is 13.2. The van der Waals surface area contributed by atoms with Crippen LogP contribution in [0.15, 0.2) is 0 Å². The van der Waals surface area contributed by atoms with E-state index >= 15 is 0 Å². The monoisotopic (exact) mass is 267 g/mol. The molecular formula is C16H33N3. The number of hydrogen-bond donors (Lipinski definition) is 1. The standard InChI is InChI=1S/C16H33N3/c1-14(2)16-13-19(9-4-8-17-16)12-7-15-5-10-18(3)11-6-15/h14-17H,4-13H2,1-3H3. The normalized spacial score (nSPS) is 28.7. The van der Waals surface area contributed by atoms with Gasteiger partial charge in [0.25, 0.3) is 0 Å². The predicted octanol–water partition coefficient (Wildman–Crippen LogP) is 2.04. The highest BCUT2D eigenvalue weighted by Crippen LogP contribution is 2.20. The molecule has 1 atom stereocenters. The van der Waals surface area contributed by atoms with Gasteiger partial charge in [-0.15, -0.1) is 0 Å². The third-order valence-corrected chi connectivity index (χ3v) is 5.01. The van der Waals surface area contributed by atoms with Crippen molar-refractivity contribution in [3.05, 3.63) is 0 Å². The summed E-state index contributed by atoms with van der Waals surface area (Å²) in [6.45, 7) is 12.4. The lowest BCUT2D eigenvalue weighted by molar-refractivity contribution is 0.180. The number of nitrogens with zero attached hydrogens (tertiary/aromatic N) is 2. The van der Waals surface area contributed by atoms with E-state index in [1.807, 2.05) is 0 Å². The number of likely N-dealkylation sites (tertiary alicyclic amines) is 1. The Balaban J connectivity index is 1.71. The number of hydrogen-bond acceptors (Lipinski definition) is 3. The molecule has 0 aromatic carbocycles. The maximum absolute atomic E-state index is 3.71. The summed E-state index contributed by atoms with van der Waals surface area (Å²) in [5.41, 5.74) is 0. The zero-order chi connectivity index (χ0) is 13.7. The topological polar surface area (TPSA) is 18.5 Å². The highest BCUT2D eigenvalue weighted by Gasteiger charge is 2.22. The Hall–Kier alpha value is -0.120. The van der Waals surface area contributed by atoms with Crippen molar-refractivity contribution in [2.24, 2.45) is 11.8 Å². The molecule has 2 aliphatic rings. The third kappa shape index (κ3) is 5.05. The minimum absolute atomic E-state index is 0.694. The molecule has 0 spiro atoms. The largest absolute Gasteiger partial charge is 0.312 e. The first-order valence-electron chi connectivity index (χ1n) is 8.29. The molecule has 2 saturated heterocycles. The molecule has 0 amide bonds. The van der Waals surface area contributed by atoms with E-state index < -0.39 is 0 Å². The Morgan fingerprint density at radius 3 is 2.58 bits per heavy atom. The van der Waals surface area contributed by atoms with Gasteiger partial charge in [0.2, 0.25) is 0 Å². The highest BCUT2D eigenvalue weighted by molar-refractivity contribution is 4.80. The Bertz CT molecular complexity index is 246. The first-order valence-corrected chi connectivity index (χ1v) is 8.29. The molecule has 1 N–H and O–H groups in total. The fourth-order valence-electron chi connectivity index (χ4n) is 3.39. The van der Waals surface area contributed by atoms with Crippen molar-refractivity contribution in [2.75, 3.05) is 46.3 Å². The quantitative estimate of drug-likeness (QED) is 0.841. The fraction of sp³-hybridized carbons (Fsp3) is 1.00. The molecule has 2 aliphatic heterocycles. The molecule has 19 heavy (non-hydrogen) atoms. The second kappa shape index (κ2) is 7.61. The van der Waals surface area contributed by atoms with Gasteiger partial charge in [-0.3, -0.25) is 0 Å². The van der Waals surface area contributed by atoms with Crippen LogP contribution in [0, 0.1) is 11.8 Å². The van der Waals surface area contributed by atoms with Crippen molar-refractivity contribution >= 4 is 0 Å². The van der Waals surface area contributed by atoms with Crippen LogP contribution in [-0.2, 0) is 0 Å². The van der Waals surface area contributed by atoms with Crippen molar-refractivity contribution in [3.63, 3.8) is 0 Å². The molecule has 2 heterocycles.